The van der Waals surface area contributed by atoms with Gasteiger partial charge in [-0.3, -0.25) is 0 Å². The molecule has 0 saturated heterocycles. The first-order valence-electron chi connectivity index (χ1n) is 6.38. The van der Waals surface area contributed by atoms with Crippen LogP contribution in [0, 0.1) is 6.92 Å². The van der Waals surface area contributed by atoms with Gasteiger partial charge in [-0.2, -0.15) is 0 Å². The van der Waals surface area contributed by atoms with E-state index >= 15 is 0 Å². The Morgan fingerprint density at radius 1 is 1.32 bits per heavy atom. The summed E-state index contributed by atoms with van der Waals surface area (Å²) in [5.41, 5.74) is 6.64. The van der Waals surface area contributed by atoms with Gasteiger partial charge < -0.3 is 11.1 Å². The third kappa shape index (κ3) is 5.42. The Bertz CT molecular complexity index is 529. The summed E-state index contributed by atoms with van der Waals surface area (Å²) in [5.74, 6) is 2.06. The number of hydrogen-bond acceptors (Lipinski definition) is 6. The third-order valence-electron chi connectivity index (χ3n) is 2.69. The number of nitrogen functional groups attached to an aromatic ring is 1. The van der Waals surface area contributed by atoms with Gasteiger partial charge in [0.15, 0.2) is 0 Å². The maximum absolute atomic E-state index is 11.0. The molecular formula is C12H22N4O2S. The molecular weight excluding hydrogens is 264 g/mol. The summed E-state index contributed by atoms with van der Waals surface area (Å²) in [6.07, 6.45) is 3.52. The predicted molar refractivity (Wildman–Crippen MR) is 78.0 cm³/mol. The Hall–Kier alpha value is -1.37. The normalized spacial score (nSPS) is 11.5. The van der Waals surface area contributed by atoms with Gasteiger partial charge in [-0.25, -0.2) is 18.4 Å². The van der Waals surface area contributed by atoms with Crippen molar-refractivity contribution in [1.82, 2.24) is 9.97 Å². The Labute approximate surface area is 114 Å². The van der Waals surface area contributed by atoms with Crippen molar-refractivity contribution in [2.75, 3.05) is 29.6 Å². The Morgan fingerprint density at radius 3 is 2.58 bits per heavy atom. The van der Waals surface area contributed by atoms with Crippen LogP contribution in [0.4, 0.5) is 11.6 Å². The molecule has 0 bridgehead atoms. The largest absolute Gasteiger partial charge is 0.383 e. The molecule has 6 nitrogen and oxygen atoms in total. The molecule has 0 amide bonds. The standard InChI is InChI=1S/C12H22N4O2S/c1-4-6-10-15-11(13)9(2)12(16-10)14-7-5-8-19(3,17)18/h4-8H2,1-3H3,(H3,13,14,15,16). The van der Waals surface area contributed by atoms with Crippen LogP contribution in [-0.4, -0.2) is 36.9 Å². The van der Waals surface area contributed by atoms with Crippen LogP contribution in [0.1, 0.15) is 31.2 Å². The Kier molecular flexibility index (Phi) is 5.53. The summed E-state index contributed by atoms with van der Waals surface area (Å²) >= 11 is 0. The average Bonchev–Trinajstić information content (AvgIpc) is 2.29. The highest BCUT2D eigenvalue weighted by Crippen LogP contribution is 2.17. The van der Waals surface area contributed by atoms with Gasteiger partial charge in [-0.15, -0.1) is 0 Å². The number of sulfone groups is 1. The van der Waals surface area contributed by atoms with E-state index in [2.05, 4.69) is 22.2 Å². The van der Waals surface area contributed by atoms with Crippen molar-refractivity contribution in [3.05, 3.63) is 11.4 Å². The summed E-state index contributed by atoms with van der Waals surface area (Å²) in [4.78, 5) is 8.63. The van der Waals surface area contributed by atoms with Gasteiger partial charge >= 0.3 is 0 Å². The number of nitrogens with two attached hydrogens (primary N) is 1. The number of aromatic nitrogens is 2. The van der Waals surface area contributed by atoms with Gasteiger partial charge in [0.1, 0.15) is 27.3 Å². The first-order valence-corrected chi connectivity index (χ1v) is 8.44. The van der Waals surface area contributed by atoms with Crippen LogP contribution in [0.3, 0.4) is 0 Å². The molecule has 1 aromatic rings. The minimum atomic E-state index is -2.91. The van der Waals surface area contributed by atoms with E-state index in [0.717, 1.165) is 24.2 Å². The molecule has 0 aromatic carbocycles. The van der Waals surface area contributed by atoms with Crippen molar-refractivity contribution >= 4 is 21.5 Å². The van der Waals surface area contributed by atoms with Crippen molar-refractivity contribution < 1.29 is 8.42 Å². The van der Waals surface area contributed by atoms with E-state index in [9.17, 15) is 8.42 Å². The molecule has 0 aliphatic carbocycles. The topological polar surface area (TPSA) is 98.0 Å². The monoisotopic (exact) mass is 286 g/mol. The second kappa shape index (κ2) is 6.70. The van der Waals surface area contributed by atoms with Crippen molar-refractivity contribution in [1.29, 1.82) is 0 Å². The van der Waals surface area contributed by atoms with E-state index in [1.165, 1.54) is 6.26 Å². The molecule has 108 valence electrons. The second-order valence-electron chi connectivity index (χ2n) is 4.66. The highest BCUT2D eigenvalue weighted by atomic mass is 32.2. The summed E-state index contributed by atoms with van der Waals surface area (Å²) in [6.45, 7) is 4.46. The molecule has 1 rings (SSSR count). The van der Waals surface area contributed by atoms with E-state index in [1.54, 1.807) is 0 Å². The van der Waals surface area contributed by atoms with Crippen LogP contribution >= 0.6 is 0 Å². The molecule has 0 aliphatic rings. The van der Waals surface area contributed by atoms with Crippen molar-refractivity contribution in [3.63, 3.8) is 0 Å². The minimum Gasteiger partial charge on any atom is -0.383 e. The first-order chi connectivity index (χ1) is 8.83. The molecule has 3 N–H and O–H groups in total. The minimum absolute atomic E-state index is 0.168. The number of nitrogens with one attached hydrogen (secondary N) is 1. The highest BCUT2D eigenvalue weighted by molar-refractivity contribution is 7.90. The number of nitrogens with zero attached hydrogens (tertiary/aromatic N) is 2. The zero-order chi connectivity index (χ0) is 14.5. The SMILES string of the molecule is CCCc1nc(N)c(C)c(NCCCS(C)(=O)=O)n1. The average molecular weight is 286 g/mol. The number of hydrogen-bond donors (Lipinski definition) is 2. The fraction of sp³-hybridized carbons (Fsp3) is 0.667. The molecule has 0 fully saturated rings. The summed E-state index contributed by atoms with van der Waals surface area (Å²) in [5, 5.41) is 3.13. The molecule has 19 heavy (non-hydrogen) atoms. The van der Waals surface area contributed by atoms with Crippen LogP contribution in [-0.2, 0) is 16.3 Å². The molecule has 0 aliphatic heterocycles. The predicted octanol–water partition coefficient (Wildman–Crippen LogP) is 1.17. The van der Waals surface area contributed by atoms with E-state index in [1.807, 2.05) is 6.92 Å². The zero-order valence-corrected chi connectivity index (χ0v) is 12.5. The molecule has 0 saturated carbocycles. The Balaban J connectivity index is 2.66. The quantitative estimate of drug-likeness (QED) is 0.730. The van der Waals surface area contributed by atoms with Gasteiger partial charge in [0.25, 0.3) is 0 Å². The van der Waals surface area contributed by atoms with Crippen LogP contribution in [0.5, 0.6) is 0 Å². The molecule has 0 spiro atoms. The summed E-state index contributed by atoms with van der Waals surface area (Å²) in [6, 6.07) is 0. The second-order valence-corrected chi connectivity index (χ2v) is 6.92. The lowest BCUT2D eigenvalue weighted by molar-refractivity contribution is 0.600. The lowest BCUT2D eigenvalue weighted by Crippen LogP contribution is -2.13. The van der Waals surface area contributed by atoms with Crippen LogP contribution in [0.25, 0.3) is 0 Å². The van der Waals surface area contributed by atoms with E-state index in [0.29, 0.717) is 24.6 Å². The fourth-order valence-electron chi connectivity index (χ4n) is 1.63. The number of anilines is 2. The van der Waals surface area contributed by atoms with Gasteiger partial charge in [-0.1, -0.05) is 6.92 Å². The highest BCUT2D eigenvalue weighted by Gasteiger charge is 2.08. The van der Waals surface area contributed by atoms with Gasteiger partial charge in [0.05, 0.1) is 5.75 Å². The molecule has 0 atom stereocenters. The van der Waals surface area contributed by atoms with Gasteiger partial charge in [0, 0.05) is 24.8 Å². The van der Waals surface area contributed by atoms with Gasteiger partial charge in [0.2, 0.25) is 0 Å². The summed E-state index contributed by atoms with van der Waals surface area (Å²) < 4.78 is 22.1. The molecule has 0 radical (unpaired) electrons. The fourth-order valence-corrected chi connectivity index (χ4v) is 2.30. The molecule has 1 aromatic heterocycles. The smallest absolute Gasteiger partial charge is 0.147 e. The van der Waals surface area contributed by atoms with Crippen molar-refractivity contribution in [2.45, 2.75) is 33.1 Å². The third-order valence-corrected chi connectivity index (χ3v) is 3.72. The Morgan fingerprint density at radius 2 is 2.00 bits per heavy atom. The lowest BCUT2D eigenvalue weighted by Gasteiger charge is -2.11. The van der Waals surface area contributed by atoms with Gasteiger partial charge in [-0.05, 0) is 19.8 Å². The number of rotatable bonds is 7. The van der Waals surface area contributed by atoms with E-state index in [-0.39, 0.29) is 5.75 Å². The maximum atomic E-state index is 11.0. The zero-order valence-electron chi connectivity index (χ0n) is 11.7. The number of aryl methyl sites for hydroxylation is 1. The van der Waals surface area contributed by atoms with Crippen LogP contribution < -0.4 is 11.1 Å². The van der Waals surface area contributed by atoms with Crippen molar-refractivity contribution in [2.24, 2.45) is 0 Å². The van der Waals surface area contributed by atoms with Crippen LogP contribution in [0.2, 0.25) is 0 Å². The van der Waals surface area contributed by atoms with Crippen LogP contribution in [0.15, 0.2) is 0 Å². The first kappa shape index (κ1) is 15.7. The maximum Gasteiger partial charge on any atom is 0.147 e. The molecule has 7 heteroatoms. The lowest BCUT2D eigenvalue weighted by atomic mass is 10.2. The van der Waals surface area contributed by atoms with Crippen molar-refractivity contribution in [3.8, 4) is 0 Å². The molecule has 1 heterocycles. The van der Waals surface area contributed by atoms with E-state index in [4.69, 9.17) is 5.73 Å². The summed E-state index contributed by atoms with van der Waals surface area (Å²) in [7, 11) is -2.91. The molecule has 0 unspecified atom stereocenters. The van der Waals surface area contributed by atoms with E-state index < -0.39 is 9.84 Å².